The molecule has 2 rings (SSSR count). The Bertz CT molecular complexity index is 295. The summed E-state index contributed by atoms with van der Waals surface area (Å²) in [6.07, 6.45) is 6.09. The summed E-state index contributed by atoms with van der Waals surface area (Å²) in [4.78, 5) is 1.35. The molecular formula is C11H14Cl2S. The van der Waals surface area contributed by atoms with Crippen LogP contribution in [0.4, 0.5) is 0 Å². The van der Waals surface area contributed by atoms with E-state index in [1.165, 1.54) is 30.6 Å². The Morgan fingerprint density at radius 3 is 2.79 bits per heavy atom. The second-order valence-electron chi connectivity index (χ2n) is 3.95. The van der Waals surface area contributed by atoms with Gasteiger partial charge in [-0.3, -0.25) is 0 Å². The molecule has 0 spiro atoms. The average Bonchev–Trinajstić information content (AvgIpc) is 2.45. The third-order valence-corrected chi connectivity index (χ3v) is 4.79. The summed E-state index contributed by atoms with van der Waals surface area (Å²) in [6, 6.07) is 2.00. The first-order chi connectivity index (χ1) is 6.77. The molecule has 0 nitrogen and oxygen atoms in total. The van der Waals surface area contributed by atoms with E-state index in [1.54, 1.807) is 11.3 Å². The van der Waals surface area contributed by atoms with Crippen molar-refractivity contribution in [2.45, 2.75) is 43.4 Å². The van der Waals surface area contributed by atoms with Gasteiger partial charge in [-0.2, -0.15) is 0 Å². The number of rotatable bonds is 1. The maximum Gasteiger partial charge on any atom is 0.0547 e. The van der Waals surface area contributed by atoms with E-state index >= 15 is 0 Å². The van der Waals surface area contributed by atoms with Crippen LogP contribution in [0.5, 0.6) is 0 Å². The minimum atomic E-state index is 0.348. The smallest absolute Gasteiger partial charge is 0.0547 e. The van der Waals surface area contributed by atoms with E-state index in [0.717, 1.165) is 11.4 Å². The van der Waals surface area contributed by atoms with Crippen LogP contribution < -0.4 is 0 Å². The summed E-state index contributed by atoms with van der Waals surface area (Å²) in [5.41, 5.74) is 0. The Morgan fingerprint density at radius 1 is 1.29 bits per heavy atom. The highest BCUT2D eigenvalue weighted by molar-refractivity contribution is 7.10. The third-order valence-electron chi connectivity index (χ3n) is 2.88. The zero-order valence-electron chi connectivity index (χ0n) is 8.01. The van der Waals surface area contributed by atoms with Gasteiger partial charge in [0, 0.05) is 10.3 Å². The molecule has 0 radical (unpaired) electrons. The minimum absolute atomic E-state index is 0.348. The van der Waals surface area contributed by atoms with E-state index in [0.29, 0.717) is 11.3 Å². The van der Waals surface area contributed by atoms with Crippen molar-refractivity contribution in [1.82, 2.24) is 0 Å². The van der Waals surface area contributed by atoms with E-state index in [9.17, 15) is 0 Å². The van der Waals surface area contributed by atoms with E-state index in [-0.39, 0.29) is 0 Å². The fourth-order valence-electron chi connectivity index (χ4n) is 2.14. The van der Waals surface area contributed by atoms with Crippen molar-refractivity contribution < 1.29 is 0 Å². The van der Waals surface area contributed by atoms with Crippen LogP contribution in [0.2, 0.25) is 5.02 Å². The SMILES string of the molecule is Clc1ccsc1C1CCCCC(Cl)C1. The topological polar surface area (TPSA) is 0 Å². The summed E-state index contributed by atoms with van der Waals surface area (Å²) >= 11 is 14.2. The first kappa shape index (κ1) is 10.8. The van der Waals surface area contributed by atoms with E-state index in [1.807, 2.05) is 6.07 Å². The molecule has 1 heterocycles. The number of alkyl halides is 1. The molecule has 1 aromatic heterocycles. The van der Waals surface area contributed by atoms with Crippen LogP contribution in [0.3, 0.4) is 0 Å². The Morgan fingerprint density at radius 2 is 2.07 bits per heavy atom. The zero-order valence-corrected chi connectivity index (χ0v) is 10.3. The van der Waals surface area contributed by atoms with Crippen molar-refractivity contribution in [3.8, 4) is 0 Å². The van der Waals surface area contributed by atoms with Gasteiger partial charge in [-0.15, -0.1) is 22.9 Å². The highest BCUT2D eigenvalue weighted by Crippen LogP contribution is 2.39. The van der Waals surface area contributed by atoms with Crippen molar-refractivity contribution in [3.05, 3.63) is 21.3 Å². The fraction of sp³-hybridized carbons (Fsp3) is 0.636. The molecule has 1 aliphatic carbocycles. The summed E-state index contributed by atoms with van der Waals surface area (Å²) in [6.45, 7) is 0. The lowest BCUT2D eigenvalue weighted by Crippen LogP contribution is -2.02. The van der Waals surface area contributed by atoms with Gasteiger partial charge in [-0.05, 0) is 36.6 Å². The molecule has 78 valence electrons. The van der Waals surface area contributed by atoms with Crippen LogP contribution in [-0.2, 0) is 0 Å². The van der Waals surface area contributed by atoms with E-state index < -0.39 is 0 Å². The second-order valence-corrected chi connectivity index (χ2v) is 5.92. The minimum Gasteiger partial charge on any atom is -0.147 e. The number of hydrogen-bond acceptors (Lipinski definition) is 1. The lowest BCUT2D eigenvalue weighted by Gasteiger charge is -2.14. The van der Waals surface area contributed by atoms with Crippen molar-refractivity contribution in [3.63, 3.8) is 0 Å². The molecule has 0 saturated heterocycles. The van der Waals surface area contributed by atoms with E-state index in [2.05, 4.69) is 5.38 Å². The zero-order chi connectivity index (χ0) is 9.97. The maximum atomic E-state index is 6.25. The Kier molecular flexibility index (Phi) is 3.75. The molecule has 1 aliphatic rings. The van der Waals surface area contributed by atoms with Crippen LogP contribution in [0.1, 0.15) is 42.9 Å². The average molecular weight is 249 g/mol. The number of halogens is 2. The van der Waals surface area contributed by atoms with Gasteiger partial charge in [0.2, 0.25) is 0 Å². The Balaban J connectivity index is 2.13. The maximum absolute atomic E-state index is 6.25. The van der Waals surface area contributed by atoms with Gasteiger partial charge in [-0.25, -0.2) is 0 Å². The first-order valence-corrected chi connectivity index (χ1v) is 6.83. The Labute approximate surface area is 99.2 Å². The lowest BCUT2D eigenvalue weighted by atomic mass is 9.98. The van der Waals surface area contributed by atoms with Crippen LogP contribution >= 0.6 is 34.5 Å². The molecule has 14 heavy (non-hydrogen) atoms. The van der Waals surface area contributed by atoms with E-state index in [4.69, 9.17) is 23.2 Å². The van der Waals surface area contributed by atoms with Gasteiger partial charge in [0.25, 0.3) is 0 Å². The van der Waals surface area contributed by atoms with Gasteiger partial charge in [0.1, 0.15) is 0 Å². The molecule has 1 aromatic rings. The molecule has 0 aliphatic heterocycles. The standard InChI is InChI=1S/C11H14Cl2S/c12-9-4-2-1-3-8(7-9)11-10(13)5-6-14-11/h5-6,8-9H,1-4,7H2. The highest BCUT2D eigenvalue weighted by Gasteiger charge is 2.22. The molecule has 2 atom stereocenters. The monoisotopic (exact) mass is 248 g/mol. The highest BCUT2D eigenvalue weighted by atomic mass is 35.5. The first-order valence-electron chi connectivity index (χ1n) is 5.14. The van der Waals surface area contributed by atoms with Gasteiger partial charge < -0.3 is 0 Å². The normalized spacial score (nSPS) is 28.7. The van der Waals surface area contributed by atoms with Gasteiger partial charge in [0.15, 0.2) is 0 Å². The second kappa shape index (κ2) is 4.87. The van der Waals surface area contributed by atoms with Crippen LogP contribution in [0, 0.1) is 0 Å². The van der Waals surface area contributed by atoms with Crippen molar-refractivity contribution >= 4 is 34.5 Å². The third kappa shape index (κ3) is 2.44. The molecular weight excluding hydrogens is 235 g/mol. The predicted molar refractivity (Wildman–Crippen MR) is 64.8 cm³/mol. The van der Waals surface area contributed by atoms with Gasteiger partial charge in [0.05, 0.1) is 5.02 Å². The summed E-state index contributed by atoms with van der Waals surface area (Å²) in [5.74, 6) is 0.604. The molecule has 2 unspecified atom stereocenters. The molecule has 0 bridgehead atoms. The van der Waals surface area contributed by atoms with Crippen molar-refractivity contribution in [2.75, 3.05) is 0 Å². The van der Waals surface area contributed by atoms with Gasteiger partial charge in [-0.1, -0.05) is 24.4 Å². The quantitative estimate of drug-likeness (QED) is 0.482. The fourth-order valence-corrected chi connectivity index (χ4v) is 3.87. The summed E-state index contributed by atoms with van der Waals surface area (Å²) in [7, 11) is 0. The van der Waals surface area contributed by atoms with Crippen molar-refractivity contribution in [2.24, 2.45) is 0 Å². The predicted octanol–water partition coefficient (Wildman–Crippen LogP) is 5.06. The van der Waals surface area contributed by atoms with Crippen LogP contribution in [0.25, 0.3) is 0 Å². The molecule has 0 N–H and O–H groups in total. The number of thiophene rings is 1. The largest absolute Gasteiger partial charge is 0.147 e. The molecule has 0 amide bonds. The summed E-state index contributed by atoms with van der Waals surface area (Å²) < 4.78 is 0. The van der Waals surface area contributed by atoms with Crippen LogP contribution in [0.15, 0.2) is 11.4 Å². The Hall–Kier alpha value is 0.280. The molecule has 0 aromatic carbocycles. The summed E-state index contributed by atoms with van der Waals surface area (Å²) in [5, 5.41) is 3.36. The molecule has 3 heteroatoms. The molecule has 1 fully saturated rings. The molecule has 1 saturated carbocycles. The van der Waals surface area contributed by atoms with Crippen LogP contribution in [-0.4, -0.2) is 5.38 Å². The van der Waals surface area contributed by atoms with Crippen molar-refractivity contribution in [1.29, 1.82) is 0 Å². The number of hydrogen-bond donors (Lipinski definition) is 0. The van der Waals surface area contributed by atoms with Gasteiger partial charge >= 0.3 is 0 Å². The lowest BCUT2D eigenvalue weighted by molar-refractivity contribution is 0.605.